The van der Waals surface area contributed by atoms with Crippen molar-refractivity contribution in [2.24, 2.45) is 0 Å². The molecular formula is C14H18BrN3O. The van der Waals surface area contributed by atoms with Crippen LogP contribution < -0.4 is 5.32 Å². The van der Waals surface area contributed by atoms with Crippen LogP contribution in [0.2, 0.25) is 0 Å². The summed E-state index contributed by atoms with van der Waals surface area (Å²) >= 11 is 3.41. The van der Waals surface area contributed by atoms with Crippen LogP contribution >= 0.6 is 15.9 Å². The third-order valence-corrected chi connectivity index (χ3v) is 3.59. The number of carbonyl (C=O) groups excluding carboxylic acids is 1. The number of hydrogen-bond acceptors (Lipinski definition) is 2. The van der Waals surface area contributed by atoms with Gasteiger partial charge in [0.2, 0.25) is 5.91 Å². The molecule has 1 amide bonds. The molecule has 0 unspecified atom stereocenters. The summed E-state index contributed by atoms with van der Waals surface area (Å²) < 4.78 is 2.77. The third-order valence-electron chi connectivity index (χ3n) is 3.00. The molecule has 4 nitrogen and oxygen atoms in total. The first-order valence-electron chi connectivity index (χ1n) is 6.63. The minimum Gasteiger partial charge on any atom is -0.325 e. The highest BCUT2D eigenvalue weighted by atomic mass is 79.9. The number of imidazole rings is 1. The van der Waals surface area contributed by atoms with Crippen LogP contribution in [0, 0.1) is 0 Å². The summed E-state index contributed by atoms with van der Waals surface area (Å²) in [6.45, 7) is 2.16. The van der Waals surface area contributed by atoms with Crippen molar-refractivity contribution in [2.75, 3.05) is 5.32 Å². The van der Waals surface area contributed by atoms with Gasteiger partial charge in [-0.2, -0.15) is 0 Å². The van der Waals surface area contributed by atoms with Crippen LogP contribution in [0.1, 0.15) is 39.0 Å². The van der Waals surface area contributed by atoms with Crippen molar-refractivity contribution in [1.82, 2.24) is 9.38 Å². The number of rotatable bonds is 6. The normalized spacial score (nSPS) is 10.8. The van der Waals surface area contributed by atoms with E-state index in [2.05, 4.69) is 33.2 Å². The van der Waals surface area contributed by atoms with E-state index in [4.69, 9.17) is 0 Å². The van der Waals surface area contributed by atoms with E-state index in [0.29, 0.717) is 6.42 Å². The van der Waals surface area contributed by atoms with Gasteiger partial charge in [-0.1, -0.05) is 26.2 Å². The number of hydrogen-bond donors (Lipinski definition) is 1. The maximum atomic E-state index is 11.8. The van der Waals surface area contributed by atoms with E-state index in [1.54, 1.807) is 6.20 Å². The second-order valence-electron chi connectivity index (χ2n) is 4.59. The molecule has 0 saturated heterocycles. The number of aromatic nitrogens is 2. The van der Waals surface area contributed by atoms with E-state index in [0.717, 1.165) is 28.8 Å². The van der Waals surface area contributed by atoms with Crippen molar-refractivity contribution in [2.45, 2.75) is 39.0 Å². The van der Waals surface area contributed by atoms with Gasteiger partial charge in [0.05, 0.1) is 11.9 Å². The van der Waals surface area contributed by atoms with Crippen LogP contribution in [0.5, 0.6) is 0 Å². The smallest absolute Gasteiger partial charge is 0.224 e. The molecule has 2 aromatic rings. The Kier molecular flexibility index (Phi) is 4.96. The van der Waals surface area contributed by atoms with Crippen molar-refractivity contribution in [3.05, 3.63) is 29.1 Å². The molecular weight excluding hydrogens is 306 g/mol. The zero-order chi connectivity index (χ0) is 13.7. The lowest BCUT2D eigenvalue weighted by Gasteiger charge is -2.06. The summed E-state index contributed by atoms with van der Waals surface area (Å²) in [7, 11) is 0. The zero-order valence-corrected chi connectivity index (χ0v) is 12.6. The van der Waals surface area contributed by atoms with Crippen LogP contribution in [0.3, 0.4) is 0 Å². The molecule has 2 heterocycles. The van der Waals surface area contributed by atoms with Gasteiger partial charge in [0, 0.05) is 12.6 Å². The van der Waals surface area contributed by atoms with Gasteiger partial charge in [0.25, 0.3) is 0 Å². The van der Waals surface area contributed by atoms with Gasteiger partial charge < -0.3 is 5.32 Å². The highest BCUT2D eigenvalue weighted by molar-refractivity contribution is 9.10. The number of fused-ring (bicyclic) bond motifs is 1. The van der Waals surface area contributed by atoms with Gasteiger partial charge in [0.15, 0.2) is 0 Å². The van der Waals surface area contributed by atoms with Crippen molar-refractivity contribution < 1.29 is 4.79 Å². The average Bonchev–Trinajstić information content (AvgIpc) is 2.76. The lowest BCUT2D eigenvalue weighted by Crippen LogP contribution is -2.11. The van der Waals surface area contributed by atoms with Gasteiger partial charge in [-0.3, -0.25) is 9.20 Å². The largest absolute Gasteiger partial charge is 0.325 e. The van der Waals surface area contributed by atoms with Gasteiger partial charge in [-0.15, -0.1) is 0 Å². The fraction of sp³-hybridized carbons (Fsp3) is 0.429. The molecule has 5 heteroatoms. The van der Waals surface area contributed by atoms with E-state index in [1.165, 1.54) is 12.8 Å². The monoisotopic (exact) mass is 323 g/mol. The number of nitrogens with zero attached hydrogens (tertiary/aromatic N) is 2. The predicted octanol–water partition coefficient (Wildman–Crippen LogP) is 4.01. The fourth-order valence-electron chi connectivity index (χ4n) is 1.96. The van der Waals surface area contributed by atoms with Crippen LogP contribution in [0.25, 0.3) is 5.65 Å². The molecule has 19 heavy (non-hydrogen) atoms. The Morgan fingerprint density at radius 3 is 3.00 bits per heavy atom. The van der Waals surface area contributed by atoms with Crippen molar-refractivity contribution in [1.29, 1.82) is 0 Å². The summed E-state index contributed by atoms with van der Waals surface area (Å²) in [5.74, 6) is 0.0756. The second kappa shape index (κ2) is 6.70. The van der Waals surface area contributed by atoms with Gasteiger partial charge in [-0.05, 0) is 34.5 Å². The minimum atomic E-state index is 0.0756. The Labute approximate surface area is 121 Å². The summed E-state index contributed by atoms with van der Waals surface area (Å²) in [6, 6.07) is 3.76. The molecule has 102 valence electrons. The standard InChI is InChI=1S/C14H18BrN3O/c1-2-3-4-5-6-14(19)17-11-7-8-13-16-9-12(15)18(13)10-11/h7-10H,2-6H2,1H3,(H,17,19). The highest BCUT2D eigenvalue weighted by Crippen LogP contribution is 2.17. The molecule has 2 aromatic heterocycles. The van der Waals surface area contributed by atoms with Crippen LogP contribution in [-0.4, -0.2) is 15.3 Å². The minimum absolute atomic E-state index is 0.0756. The molecule has 0 fully saturated rings. The Morgan fingerprint density at radius 2 is 2.21 bits per heavy atom. The topological polar surface area (TPSA) is 46.4 Å². The Morgan fingerprint density at radius 1 is 1.37 bits per heavy atom. The maximum absolute atomic E-state index is 11.8. The van der Waals surface area contributed by atoms with Gasteiger partial charge in [-0.25, -0.2) is 4.98 Å². The Hall–Kier alpha value is -1.36. The predicted molar refractivity (Wildman–Crippen MR) is 80.3 cm³/mol. The first-order valence-corrected chi connectivity index (χ1v) is 7.42. The summed E-state index contributed by atoms with van der Waals surface area (Å²) in [5.41, 5.74) is 1.65. The van der Waals surface area contributed by atoms with E-state index >= 15 is 0 Å². The number of anilines is 1. The number of unbranched alkanes of at least 4 members (excludes halogenated alkanes) is 3. The third kappa shape index (κ3) is 3.80. The molecule has 0 bridgehead atoms. The van der Waals surface area contributed by atoms with Crippen molar-refractivity contribution >= 4 is 33.2 Å². The Balaban J connectivity index is 1.93. The number of amides is 1. The molecule has 0 aromatic carbocycles. The molecule has 0 aliphatic carbocycles. The lowest BCUT2D eigenvalue weighted by molar-refractivity contribution is -0.116. The molecule has 0 aliphatic heterocycles. The maximum Gasteiger partial charge on any atom is 0.224 e. The van der Waals surface area contributed by atoms with Crippen LogP contribution in [0.15, 0.2) is 29.1 Å². The average molecular weight is 324 g/mol. The molecule has 0 radical (unpaired) electrons. The SMILES string of the molecule is CCCCCCC(=O)Nc1ccc2ncc(Br)n2c1. The zero-order valence-electron chi connectivity index (χ0n) is 11.0. The summed E-state index contributed by atoms with van der Waals surface area (Å²) in [4.78, 5) is 16.0. The van der Waals surface area contributed by atoms with E-state index in [-0.39, 0.29) is 5.91 Å². The van der Waals surface area contributed by atoms with Crippen molar-refractivity contribution in [3.8, 4) is 0 Å². The van der Waals surface area contributed by atoms with Crippen LogP contribution in [-0.2, 0) is 4.79 Å². The molecule has 2 rings (SSSR count). The second-order valence-corrected chi connectivity index (χ2v) is 5.40. The molecule has 0 aliphatic rings. The number of nitrogens with one attached hydrogen (secondary N) is 1. The first-order chi connectivity index (χ1) is 9.20. The lowest BCUT2D eigenvalue weighted by atomic mass is 10.1. The quantitative estimate of drug-likeness (QED) is 0.816. The van der Waals surface area contributed by atoms with E-state index < -0.39 is 0 Å². The Bertz CT molecular complexity index is 565. The van der Waals surface area contributed by atoms with E-state index in [1.807, 2.05) is 22.7 Å². The van der Waals surface area contributed by atoms with E-state index in [9.17, 15) is 4.79 Å². The van der Waals surface area contributed by atoms with Gasteiger partial charge in [0.1, 0.15) is 10.3 Å². The summed E-state index contributed by atoms with van der Waals surface area (Å²) in [5, 5.41) is 2.92. The highest BCUT2D eigenvalue weighted by Gasteiger charge is 2.05. The molecule has 0 atom stereocenters. The number of pyridine rings is 1. The van der Waals surface area contributed by atoms with Crippen LogP contribution in [0.4, 0.5) is 5.69 Å². The number of carbonyl (C=O) groups is 1. The van der Waals surface area contributed by atoms with Crippen molar-refractivity contribution in [3.63, 3.8) is 0 Å². The van der Waals surface area contributed by atoms with Gasteiger partial charge >= 0.3 is 0 Å². The molecule has 0 spiro atoms. The summed E-state index contributed by atoms with van der Waals surface area (Å²) in [6.07, 6.45) is 8.66. The fourth-order valence-corrected chi connectivity index (χ4v) is 2.35. The molecule has 1 N–H and O–H groups in total. The number of halogens is 1. The first kappa shape index (κ1) is 14.1. The molecule has 0 saturated carbocycles.